The van der Waals surface area contributed by atoms with E-state index in [0.29, 0.717) is 19.0 Å². The summed E-state index contributed by atoms with van der Waals surface area (Å²) in [4.78, 5) is 30.2. The molecule has 1 aromatic carbocycles. The molecule has 2 aliphatic rings. The van der Waals surface area contributed by atoms with Crippen molar-refractivity contribution in [2.45, 2.75) is 46.6 Å². The van der Waals surface area contributed by atoms with Gasteiger partial charge in [-0.25, -0.2) is 4.79 Å². The molecule has 3 rings (SSSR count). The van der Waals surface area contributed by atoms with E-state index in [0.717, 1.165) is 37.4 Å². The molecule has 2 heterocycles. The van der Waals surface area contributed by atoms with Crippen LogP contribution in [0.2, 0.25) is 0 Å². The average Bonchev–Trinajstić information content (AvgIpc) is 2.59. The third kappa shape index (κ3) is 4.54. The van der Waals surface area contributed by atoms with Gasteiger partial charge in [0.15, 0.2) is 0 Å². The van der Waals surface area contributed by atoms with E-state index >= 15 is 0 Å². The molecular weight excluding hydrogens is 342 g/mol. The highest BCUT2D eigenvalue weighted by molar-refractivity contribution is 5.93. The van der Waals surface area contributed by atoms with Gasteiger partial charge in [0.2, 0.25) is 5.91 Å². The zero-order chi connectivity index (χ0) is 19.8. The molecule has 1 aromatic rings. The highest BCUT2D eigenvalue weighted by Gasteiger charge is 2.28. The van der Waals surface area contributed by atoms with E-state index in [1.807, 2.05) is 25.7 Å². The van der Waals surface area contributed by atoms with Crippen LogP contribution >= 0.6 is 0 Å². The number of amides is 2. The van der Waals surface area contributed by atoms with Gasteiger partial charge in [-0.15, -0.1) is 0 Å². The van der Waals surface area contributed by atoms with E-state index in [1.54, 1.807) is 11.8 Å². The lowest BCUT2D eigenvalue weighted by Gasteiger charge is -2.38. The summed E-state index contributed by atoms with van der Waals surface area (Å²) in [6.07, 6.45) is 0.753. The fourth-order valence-corrected chi connectivity index (χ4v) is 3.82. The van der Waals surface area contributed by atoms with Crippen molar-refractivity contribution in [1.29, 1.82) is 0 Å². The summed E-state index contributed by atoms with van der Waals surface area (Å²) in [5.74, 6) is 0.558. The Morgan fingerprint density at radius 3 is 2.37 bits per heavy atom. The number of carbonyl (C=O) groups is 2. The highest BCUT2D eigenvalue weighted by Crippen LogP contribution is 2.33. The number of benzene rings is 1. The second-order valence-corrected chi connectivity index (χ2v) is 8.71. The van der Waals surface area contributed by atoms with E-state index < -0.39 is 5.60 Å². The molecule has 148 valence electrons. The molecule has 1 saturated heterocycles. The summed E-state index contributed by atoms with van der Waals surface area (Å²) in [6.45, 7) is 13.1. The van der Waals surface area contributed by atoms with Crippen LogP contribution in [-0.4, -0.2) is 55.2 Å². The molecule has 1 atom stereocenters. The number of hydrogen-bond acceptors (Lipinski definition) is 4. The molecule has 0 N–H and O–H groups in total. The third-order valence-electron chi connectivity index (χ3n) is 5.09. The number of nitrogens with zero attached hydrogens (tertiary/aromatic N) is 3. The second-order valence-electron chi connectivity index (χ2n) is 8.71. The fourth-order valence-electron chi connectivity index (χ4n) is 3.82. The van der Waals surface area contributed by atoms with E-state index in [2.05, 4.69) is 30.0 Å². The predicted molar refractivity (Wildman–Crippen MR) is 107 cm³/mol. The molecule has 6 nitrogen and oxygen atoms in total. The molecule has 0 aromatic heterocycles. The summed E-state index contributed by atoms with van der Waals surface area (Å²) in [7, 11) is 0. The molecule has 0 spiro atoms. The Bertz CT molecular complexity index is 718. The van der Waals surface area contributed by atoms with Gasteiger partial charge in [0.1, 0.15) is 5.60 Å². The second kappa shape index (κ2) is 7.41. The summed E-state index contributed by atoms with van der Waals surface area (Å²) in [5.41, 5.74) is 2.97. The summed E-state index contributed by atoms with van der Waals surface area (Å²) < 4.78 is 5.47. The van der Waals surface area contributed by atoms with Crippen molar-refractivity contribution in [1.82, 2.24) is 4.90 Å². The number of piperazine rings is 1. The zero-order valence-electron chi connectivity index (χ0n) is 17.1. The van der Waals surface area contributed by atoms with Gasteiger partial charge in [-0.2, -0.15) is 0 Å². The van der Waals surface area contributed by atoms with E-state index in [4.69, 9.17) is 4.74 Å². The maximum atomic E-state index is 12.2. The van der Waals surface area contributed by atoms with Crippen molar-refractivity contribution in [3.05, 3.63) is 23.8 Å². The van der Waals surface area contributed by atoms with Crippen molar-refractivity contribution >= 4 is 23.4 Å². The largest absolute Gasteiger partial charge is 0.444 e. The normalized spacial score (nSPS) is 20.3. The Morgan fingerprint density at radius 1 is 1.11 bits per heavy atom. The van der Waals surface area contributed by atoms with Gasteiger partial charge in [0.25, 0.3) is 0 Å². The van der Waals surface area contributed by atoms with Crippen molar-refractivity contribution < 1.29 is 14.3 Å². The topological polar surface area (TPSA) is 53.1 Å². The first kappa shape index (κ1) is 19.5. The molecule has 1 unspecified atom stereocenters. The Balaban J connectivity index is 1.68. The van der Waals surface area contributed by atoms with Crippen LogP contribution in [-0.2, 0) is 16.0 Å². The summed E-state index contributed by atoms with van der Waals surface area (Å²) >= 11 is 0. The summed E-state index contributed by atoms with van der Waals surface area (Å²) in [5, 5.41) is 0. The van der Waals surface area contributed by atoms with Gasteiger partial charge in [0.05, 0.1) is 0 Å². The Morgan fingerprint density at radius 2 is 1.78 bits per heavy atom. The minimum atomic E-state index is -0.466. The first-order chi connectivity index (χ1) is 12.6. The zero-order valence-corrected chi connectivity index (χ0v) is 17.1. The molecule has 0 bridgehead atoms. The van der Waals surface area contributed by atoms with Crippen LogP contribution < -0.4 is 9.80 Å². The van der Waals surface area contributed by atoms with Gasteiger partial charge in [-0.1, -0.05) is 6.92 Å². The number of carbonyl (C=O) groups excluding carboxylic acids is 2. The van der Waals surface area contributed by atoms with Crippen molar-refractivity contribution in [2.75, 3.05) is 42.5 Å². The van der Waals surface area contributed by atoms with Crippen LogP contribution in [0.5, 0.6) is 0 Å². The smallest absolute Gasteiger partial charge is 0.410 e. The van der Waals surface area contributed by atoms with Crippen LogP contribution in [0.15, 0.2) is 18.2 Å². The molecular formula is C21H31N3O3. The van der Waals surface area contributed by atoms with Gasteiger partial charge in [0, 0.05) is 51.0 Å². The molecule has 0 saturated carbocycles. The molecule has 0 radical (unpaired) electrons. The van der Waals surface area contributed by atoms with Gasteiger partial charge in [-0.05, 0) is 56.9 Å². The molecule has 6 heteroatoms. The van der Waals surface area contributed by atoms with Crippen LogP contribution in [0.3, 0.4) is 0 Å². The van der Waals surface area contributed by atoms with Crippen LogP contribution in [0.1, 0.15) is 40.2 Å². The van der Waals surface area contributed by atoms with E-state index in [-0.39, 0.29) is 12.0 Å². The third-order valence-corrected chi connectivity index (χ3v) is 5.09. The Labute approximate surface area is 162 Å². The fraction of sp³-hybridized carbons (Fsp3) is 0.619. The van der Waals surface area contributed by atoms with Gasteiger partial charge < -0.3 is 19.4 Å². The quantitative estimate of drug-likeness (QED) is 0.758. The SMILES string of the molecule is CC(=O)N1CC(C)Cc2cc(N3CCN(C(=O)OC(C)(C)C)CC3)ccc21. The summed E-state index contributed by atoms with van der Waals surface area (Å²) in [6, 6.07) is 6.37. The molecule has 1 fully saturated rings. The van der Waals surface area contributed by atoms with Crippen molar-refractivity contribution in [3.8, 4) is 0 Å². The Hall–Kier alpha value is -2.24. The maximum absolute atomic E-state index is 12.2. The number of rotatable bonds is 1. The number of fused-ring (bicyclic) bond motifs is 1. The average molecular weight is 373 g/mol. The lowest BCUT2D eigenvalue weighted by atomic mass is 9.93. The molecule has 2 aliphatic heterocycles. The first-order valence-corrected chi connectivity index (χ1v) is 9.78. The van der Waals surface area contributed by atoms with E-state index in [9.17, 15) is 9.59 Å². The van der Waals surface area contributed by atoms with Gasteiger partial charge >= 0.3 is 6.09 Å². The maximum Gasteiger partial charge on any atom is 0.410 e. The lowest BCUT2D eigenvalue weighted by molar-refractivity contribution is -0.116. The van der Waals surface area contributed by atoms with Gasteiger partial charge in [-0.3, -0.25) is 4.79 Å². The number of hydrogen-bond donors (Lipinski definition) is 0. The molecule has 0 aliphatic carbocycles. The van der Waals surface area contributed by atoms with Crippen LogP contribution in [0.4, 0.5) is 16.2 Å². The minimum Gasteiger partial charge on any atom is -0.444 e. The molecule has 2 amide bonds. The minimum absolute atomic E-state index is 0.0986. The van der Waals surface area contributed by atoms with Crippen LogP contribution in [0.25, 0.3) is 0 Å². The predicted octanol–water partition coefficient (Wildman–Crippen LogP) is 3.29. The Kier molecular flexibility index (Phi) is 5.36. The van der Waals surface area contributed by atoms with Crippen molar-refractivity contribution in [3.63, 3.8) is 0 Å². The number of ether oxygens (including phenoxy) is 1. The van der Waals surface area contributed by atoms with E-state index in [1.165, 1.54) is 5.56 Å². The number of anilines is 2. The first-order valence-electron chi connectivity index (χ1n) is 9.78. The van der Waals surface area contributed by atoms with Crippen molar-refractivity contribution in [2.24, 2.45) is 5.92 Å². The monoisotopic (exact) mass is 373 g/mol. The molecule has 27 heavy (non-hydrogen) atoms. The highest BCUT2D eigenvalue weighted by atomic mass is 16.6. The van der Waals surface area contributed by atoms with Crippen LogP contribution in [0, 0.1) is 5.92 Å². The lowest BCUT2D eigenvalue weighted by Crippen LogP contribution is -2.50. The standard InChI is InChI=1S/C21H31N3O3/c1-15-12-17-13-18(6-7-19(17)24(14-15)16(2)25)22-8-10-23(11-9-22)20(26)27-21(3,4)5/h6-7,13,15H,8-12,14H2,1-5H3.